The summed E-state index contributed by atoms with van der Waals surface area (Å²) in [6, 6.07) is -0.500. The van der Waals surface area contributed by atoms with Gasteiger partial charge in [0.25, 0.3) is 0 Å². The second kappa shape index (κ2) is 11.2. The van der Waals surface area contributed by atoms with E-state index in [0.717, 1.165) is 64.2 Å². The van der Waals surface area contributed by atoms with E-state index in [-0.39, 0.29) is 23.9 Å². The fourth-order valence-corrected chi connectivity index (χ4v) is 5.63. The first-order valence-electron chi connectivity index (χ1n) is 13.6. The summed E-state index contributed by atoms with van der Waals surface area (Å²) in [5.74, 6) is 3.69. The molecule has 1 aromatic heterocycles. The summed E-state index contributed by atoms with van der Waals surface area (Å²) in [5.41, 5.74) is 0. The zero-order valence-electron chi connectivity index (χ0n) is 21.7. The number of nitrogens with one attached hydrogen (secondary N) is 1. The van der Waals surface area contributed by atoms with Crippen LogP contribution in [0.2, 0.25) is 0 Å². The lowest BCUT2D eigenvalue weighted by Gasteiger charge is -2.42. The highest BCUT2D eigenvalue weighted by Gasteiger charge is 2.39. The summed E-state index contributed by atoms with van der Waals surface area (Å²) >= 11 is 0. The van der Waals surface area contributed by atoms with E-state index in [0.29, 0.717) is 24.3 Å². The van der Waals surface area contributed by atoms with Crippen molar-refractivity contribution >= 4 is 11.8 Å². The molecule has 7 heteroatoms. The predicted molar refractivity (Wildman–Crippen MR) is 134 cm³/mol. The topological polar surface area (TPSA) is 70.5 Å². The van der Waals surface area contributed by atoms with Crippen LogP contribution in [0.4, 0.5) is 0 Å². The van der Waals surface area contributed by atoms with Crippen molar-refractivity contribution in [2.75, 3.05) is 26.2 Å². The average Bonchev–Trinajstić information content (AvgIpc) is 3.51. The van der Waals surface area contributed by atoms with Crippen LogP contribution in [0, 0.1) is 23.7 Å². The van der Waals surface area contributed by atoms with Gasteiger partial charge in [0, 0.05) is 51.5 Å². The Labute approximate surface area is 205 Å². The number of piperidine rings is 1. The van der Waals surface area contributed by atoms with Crippen molar-refractivity contribution in [3.63, 3.8) is 0 Å². The second-order valence-corrected chi connectivity index (χ2v) is 11.7. The van der Waals surface area contributed by atoms with Crippen molar-refractivity contribution in [3.8, 4) is 0 Å². The van der Waals surface area contributed by atoms with Crippen LogP contribution in [0.25, 0.3) is 0 Å². The Morgan fingerprint density at radius 3 is 2.44 bits per heavy atom. The third-order valence-electron chi connectivity index (χ3n) is 7.74. The molecule has 0 bridgehead atoms. The molecule has 3 aliphatic rings. The Kier molecular flexibility index (Phi) is 8.33. The molecule has 0 radical (unpaired) electrons. The molecule has 2 atom stereocenters. The van der Waals surface area contributed by atoms with E-state index >= 15 is 0 Å². The Hall–Kier alpha value is -1.89. The molecule has 3 heterocycles. The standard InChI is InChI=1S/C27H45N5O2/c1-19(2)15-23-26(33)32(14-10-28-23)24(16-20(3)4)27(34)30-11-7-21(8-12-30)17-25-29-9-13-31(25)18-22-5-6-22/h9,13,19-24,28H,5-8,10-12,14-18H2,1-4H3/t23-,24?/m0/s1. The van der Waals surface area contributed by atoms with Gasteiger partial charge in [0.15, 0.2) is 0 Å². The number of aromatic nitrogens is 2. The molecule has 4 rings (SSSR count). The van der Waals surface area contributed by atoms with Gasteiger partial charge in [-0.25, -0.2) is 4.98 Å². The maximum absolute atomic E-state index is 13.7. The van der Waals surface area contributed by atoms with Crippen LogP contribution in [-0.4, -0.2) is 69.4 Å². The Morgan fingerprint density at radius 2 is 1.79 bits per heavy atom. The van der Waals surface area contributed by atoms with E-state index in [4.69, 9.17) is 0 Å². The van der Waals surface area contributed by atoms with Gasteiger partial charge in [0.05, 0.1) is 6.04 Å². The van der Waals surface area contributed by atoms with Gasteiger partial charge >= 0.3 is 0 Å². The smallest absolute Gasteiger partial charge is 0.245 e. The lowest BCUT2D eigenvalue weighted by atomic mass is 9.91. The van der Waals surface area contributed by atoms with E-state index in [9.17, 15) is 9.59 Å². The molecule has 1 saturated carbocycles. The Bertz CT molecular complexity index is 823. The normalized spacial score (nSPS) is 23.2. The van der Waals surface area contributed by atoms with Gasteiger partial charge in [-0.15, -0.1) is 0 Å². The molecule has 2 amide bonds. The molecule has 34 heavy (non-hydrogen) atoms. The highest BCUT2D eigenvalue weighted by molar-refractivity contribution is 5.90. The van der Waals surface area contributed by atoms with E-state index in [2.05, 4.69) is 48.8 Å². The van der Waals surface area contributed by atoms with Crippen molar-refractivity contribution in [1.29, 1.82) is 0 Å². The Balaban J connectivity index is 1.35. The fraction of sp³-hybridized carbons (Fsp3) is 0.815. The van der Waals surface area contributed by atoms with Crippen LogP contribution in [0.1, 0.15) is 72.0 Å². The molecular formula is C27H45N5O2. The molecule has 1 unspecified atom stereocenters. The predicted octanol–water partition coefficient (Wildman–Crippen LogP) is 3.34. The van der Waals surface area contributed by atoms with Crippen LogP contribution in [0.5, 0.6) is 0 Å². The number of piperazine rings is 1. The summed E-state index contributed by atoms with van der Waals surface area (Å²) in [6.07, 6.45) is 11.3. The van der Waals surface area contributed by atoms with Gasteiger partial charge in [-0.2, -0.15) is 0 Å². The number of carbonyl (C=O) groups excluding carboxylic acids is 2. The van der Waals surface area contributed by atoms with Gasteiger partial charge in [-0.1, -0.05) is 27.7 Å². The first kappa shape index (κ1) is 25.2. The molecule has 0 spiro atoms. The van der Waals surface area contributed by atoms with Crippen LogP contribution in [0.3, 0.4) is 0 Å². The van der Waals surface area contributed by atoms with Crippen molar-refractivity contribution in [2.24, 2.45) is 23.7 Å². The lowest BCUT2D eigenvalue weighted by Crippen LogP contribution is -2.62. The highest BCUT2D eigenvalue weighted by atomic mass is 16.2. The Morgan fingerprint density at radius 1 is 1.06 bits per heavy atom. The maximum Gasteiger partial charge on any atom is 0.245 e. The molecule has 3 fully saturated rings. The first-order chi connectivity index (χ1) is 16.3. The number of carbonyl (C=O) groups is 2. The van der Waals surface area contributed by atoms with Crippen molar-refractivity contribution in [2.45, 2.75) is 91.3 Å². The number of hydrogen-bond donors (Lipinski definition) is 1. The summed E-state index contributed by atoms with van der Waals surface area (Å²) in [7, 11) is 0. The first-order valence-corrected chi connectivity index (χ1v) is 13.6. The van der Waals surface area contributed by atoms with Gasteiger partial charge in [0.1, 0.15) is 11.9 Å². The van der Waals surface area contributed by atoms with Gasteiger partial charge in [-0.05, 0) is 62.2 Å². The monoisotopic (exact) mass is 471 g/mol. The van der Waals surface area contributed by atoms with E-state index < -0.39 is 0 Å². The summed E-state index contributed by atoms with van der Waals surface area (Å²) in [4.78, 5) is 35.6. The quantitative estimate of drug-likeness (QED) is 0.568. The van der Waals surface area contributed by atoms with Gasteiger partial charge < -0.3 is 19.7 Å². The molecule has 1 aromatic rings. The number of likely N-dealkylation sites (tertiary alicyclic amines) is 1. The van der Waals surface area contributed by atoms with Crippen molar-refractivity contribution in [3.05, 3.63) is 18.2 Å². The zero-order chi connectivity index (χ0) is 24.2. The van der Waals surface area contributed by atoms with Gasteiger partial charge in [0.2, 0.25) is 11.8 Å². The highest BCUT2D eigenvalue weighted by Crippen LogP contribution is 2.31. The minimum Gasteiger partial charge on any atom is -0.341 e. The second-order valence-electron chi connectivity index (χ2n) is 11.7. The number of rotatable bonds is 10. The van der Waals surface area contributed by atoms with Crippen LogP contribution >= 0.6 is 0 Å². The lowest BCUT2D eigenvalue weighted by molar-refractivity contribution is -0.150. The molecule has 190 valence electrons. The minimum absolute atomic E-state index is 0.108. The molecule has 0 aromatic carbocycles. The SMILES string of the molecule is CC(C)CC(C(=O)N1CCC(Cc2nccn2CC2CC2)CC1)N1CCN[C@@H](CC(C)C)C1=O. The number of imidazole rings is 1. The molecule has 1 aliphatic carbocycles. The summed E-state index contributed by atoms with van der Waals surface area (Å²) in [5, 5.41) is 3.38. The van der Waals surface area contributed by atoms with E-state index in [1.807, 2.05) is 16.0 Å². The maximum atomic E-state index is 13.7. The fourth-order valence-electron chi connectivity index (χ4n) is 5.63. The summed E-state index contributed by atoms with van der Waals surface area (Å²) in [6.45, 7) is 12.7. The van der Waals surface area contributed by atoms with Crippen molar-refractivity contribution in [1.82, 2.24) is 24.7 Å². The molecule has 1 N–H and O–H groups in total. The molecular weight excluding hydrogens is 426 g/mol. The van der Waals surface area contributed by atoms with Gasteiger partial charge in [-0.3, -0.25) is 9.59 Å². The largest absolute Gasteiger partial charge is 0.341 e. The van der Waals surface area contributed by atoms with Crippen LogP contribution in [-0.2, 0) is 22.6 Å². The third-order valence-corrected chi connectivity index (χ3v) is 7.74. The molecule has 2 saturated heterocycles. The van der Waals surface area contributed by atoms with E-state index in [1.54, 1.807) is 0 Å². The number of hydrogen-bond acceptors (Lipinski definition) is 4. The zero-order valence-corrected chi connectivity index (χ0v) is 21.7. The number of amides is 2. The summed E-state index contributed by atoms with van der Waals surface area (Å²) < 4.78 is 2.34. The minimum atomic E-state index is -0.335. The van der Waals surface area contributed by atoms with Crippen LogP contribution < -0.4 is 5.32 Å². The third kappa shape index (κ3) is 6.41. The average molecular weight is 472 g/mol. The van der Waals surface area contributed by atoms with E-state index in [1.165, 1.54) is 18.7 Å². The number of nitrogens with zero attached hydrogens (tertiary/aromatic N) is 4. The molecule has 7 nitrogen and oxygen atoms in total. The van der Waals surface area contributed by atoms with Crippen LogP contribution in [0.15, 0.2) is 12.4 Å². The van der Waals surface area contributed by atoms with Crippen molar-refractivity contribution < 1.29 is 9.59 Å². The molecule has 2 aliphatic heterocycles.